The van der Waals surface area contributed by atoms with Crippen molar-refractivity contribution in [2.75, 3.05) is 39.8 Å². The monoisotopic (exact) mass is 594 g/mol. The van der Waals surface area contributed by atoms with Crippen molar-refractivity contribution in [3.05, 3.63) is 46.2 Å². The Balaban J connectivity index is 1.22. The average molecular weight is 595 g/mol. The second kappa shape index (κ2) is 13.6. The molecular formula is C32H46N6O5. The lowest BCUT2D eigenvalue weighted by atomic mass is 9.96. The highest BCUT2D eigenvalue weighted by molar-refractivity contribution is 5.97. The summed E-state index contributed by atoms with van der Waals surface area (Å²) in [7, 11) is 1.57. The van der Waals surface area contributed by atoms with Crippen LogP contribution in [0.1, 0.15) is 69.3 Å². The highest BCUT2D eigenvalue weighted by Crippen LogP contribution is 2.36. The Kier molecular flexibility index (Phi) is 9.83. The largest absolute Gasteiger partial charge is 0.444 e. The third-order valence-electron chi connectivity index (χ3n) is 9.19. The molecule has 0 saturated carbocycles. The molecule has 3 aliphatic rings. The third kappa shape index (κ3) is 7.27. The van der Waals surface area contributed by atoms with Gasteiger partial charge in [0.15, 0.2) is 0 Å². The van der Waals surface area contributed by atoms with Gasteiger partial charge >= 0.3 is 6.09 Å². The number of rotatable bonds is 11. The molecule has 43 heavy (non-hydrogen) atoms. The van der Waals surface area contributed by atoms with Crippen LogP contribution in [0.25, 0.3) is 10.9 Å². The van der Waals surface area contributed by atoms with Crippen molar-refractivity contribution < 1.29 is 19.1 Å². The van der Waals surface area contributed by atoms with Crippen molar-refractivity contribution >= 4 is 28.7 Å². The first-order valence-electron chi connectivity index (χ1n) is 15.7. The Hall–Kier alpha value is -3.28. The number of para-hydroxylation sites is 1. The van der Waals surface area contributed by atoms with Gasteiger partial charge in [0, 0.05) is 56.9 Å². The number of Topliss-reactive ketones (excluding diaryl/α,β-unsaturated/α-hetero) is 1. The normalized spacial score (nSPS) is 24.8. The minimum Gasteiger partial charge on any atom is -0.444 e. The number of hydrogen-bond acceptors (Lipinski definition) is 8. The lowest BCUT2D eigenvalue weighted by Gasteiger charge is -2.41. The van der Waals surface area contributed by atoms with Crippen LogP contribution in [0.15, 0.2) is 35.1 Å². The maximum Gasteiger partial charge on any atom is 0.407 e. The quantitative estimate of drug-likeness (QED) is 0.362. The maximum atomic E-state index is 13.5. The van der Waals surface area contributed by atoms with E-state index < -0.39 is 6.09 Å². The summed E-state index contributed by atoms with van der Waals surface area (Å²) < 4.78 is 7.54. The third-order valence-corrected chi connectivity index (χ3v) is 9.19. The number of carbonyl (C=O) groups is 3. The fourth-order valence-corrected chi connectivity index (χ4v) is 7.23. The number of ketones is 1. The number of nitrogens with one attached hydrogen (secondary N) is 3. The first-order valence-corrected chi connectivity index (χ1v) is 15.7. The number of pyridine rings is 1. The van der Waals surface area contributed by atoms with Crippen LogP contribution in [0.3, 0.4) is 0 Å². The zero-order valence-electron chi connectivity index (χ0n) is 25.8. The van der Waals surface area contributed by atoms with Gasteiger partial charge in [-0.15, -0.1) is 0 Å². The number of benzene rings is 1. The molecule has 1 aromatic carbocycles. The smallest absolute Gasteiger partial charge is 0.407 e. The van der Waals surface area contributed by atoms with Gasteiger partial charge in [-0.25, -0.2) is 4.79 Å². The van der Waals surface area contributed by atoms with Gasteiger partial charge in [0.05, 0.1) is 12.1 Å². The molecule has 3 saturated heterocycles. The van der Waals surface area contributed by atoms with Gasteiger partial charge in [-0.05, 0) is 76.9 Å². The van der Waals surface area contributed by atoms with Crippen LogP contribution in [0, 0.1) is 0 Å². The number of aromatic nitrogens is 1. The van der Waals surface area contributed by atoms with E-state index in [0.29, 0.717) is 19.6 Å². The Labute approximate surface area is 253 Å². The molecule has 1 aromatic heterocycles. The Morgan fingerprint density at radius 3 is 2.42 bits per heavy atom. The summed E-state index contributed by atoms with van der Waals surface area (Å²) in [5.74, 6) is -0.190. The Bertz CT molecular complexity index is 1380. The van der Waals surface area contributed by atoms with Gasteiger partial charge in [0.2, 0.25) is 0 Å². The fourth-order valence-electron chi connectivity index (χ4n) is 7.23. The fraction of sp³-hybridized carbons (Fsp3) is 0.625. The molecule has 5 atom stereocenters. The molecule has 2 amide bonds. The van der Waals surface area contributed by atoms with Gasteiger partial charge in [-0.3, -0.25) is 24.2 Å². The van der Waals surface area contributed by atoms with Crippen LogP contribution in [0.2, 0.25) is 0 Å². The van der Waals surface area contributed by atoms with Crippen molar-refractivity contribution in [1.82, 2.24) is 30.3 Å². The summed E-state index contributed by atoms with van der Waals surface area (Å²) in [6.45, 7) is 8.84. The minimum absolute atomic E-state index is 0.0235. The summed E-state index contributed by atoms with van der Waals surface area (Å²) in [6, 6.07) is 10.1. The summed E-state index contributed by atoms with van der Waals surface area (Å²) >= 11 is 0. The number of alkyl carbamates (subject to hydrolysis) is 1. The molecule has 0 radical (unpaired) electrons. The van der Waals surface area contributed by atoms with Crippen LogP contribution in [-0.2, 0) is 9.53 Å². The number of likely N-dealkylation sites (tertiary alicyclic amines) is 1. The highest BCUT2D eigenvalue weighted by atomic mass is 16.6. The van der Waals surface area contributed by atoms with Gasteiger partial charge in [-0.2, -0.15) is 0 Å². The average Bonchev–Trinajstić information content (AvgIpc) is 3.50. The number of fused-ring (bicyclic) bond motifs is 3. The summed E-state index contributed by atoms with van der Waals surface area (Å²) in [4.78, 5) is 55.2. The molecule has 11 heteroatoms. The first kappa shape index (κ1) is 31.2. The van der Waals surface area contributed by atoms with Crippen molar-refractivity contribution in [2.24, 2.45) is 0 Å². The standard InChI is InChI=1S/C32H46N6O5/c1-20(2)38-29-8-6-5-7-22(29)13-28(31(38)41)30(40)35-24-14-25-9-10-26(15-24)37(25)19-27(43-32(42)33-4)18-36-12-11-23(17-36)34-16-21(3)39/h5-8,13,20,23-27,34H,9-12,14-19H2,1-4H3,(H,33,42)(H,35,40)/t23?,24?,25-,26+,27?. The topological polar surface area (TPSA) is 125 Å². The van der Waals surface area contributed by atoms with Crippen molar-refractivity contribution in [3.63, 3.8) is 0 Å². The van der Waals surface area contributed by atoms with Gasteiger partial charge in [-0.1, -0.05) is 18.2 Å². The van der Waals surface area contributed by atoms with E-state index in [2.05, 4.69) is 25.8 Å². The lowest BCUT2D eigenvalue weighted by molar-refractivity contribution is -0.116. The van der Waals surface area contributed by atoms with Gasteiger partial charge in [0.1, 0.15) is 17.5 Å². The molecule has 3 aliphatic heterocycles. The van der Waals surface area contributed by atoms with E-state index in [4.69, 9.17) is 4.74 Å². The van der Waals surface area contributed by atoms with Crippen LogP contribution in [-0.4, -0.2) is 102 Å². The summed E-state index contributed by atoms with van der Waals surface area (Å²) in [6.07, 6.45) is 3.86. The predicted octanol–water partition coefficient (Wildman–Crippen LogP) is 2.29. The van der Waals surface area contributed by atoms with E-state index >= 15 is 0 Å². The van der Waals surface area contributed by atoms with Crippen molar-refractivity contribution in [1.29, 1.82) is 0 Å². The van der Waals surface area contributed by atoms with Crippen molar-refractivity contribution in [3.8, 4) is 0 Å². The zero-order chi connectivity index (χ0) is 30.7. The van der Waals surface area contributed by atoms with Crippen LogP contribution >= 0.6 is 0 Å². The molecule has 0 spiro atoms. The van der Waals surface area contributed by atoms with E-state index in [9.17, 15) is 19.2 Å². The van der Waals surface area contributed by atoms with E-state index in [0.717, 1.165) is 56.1 Å². The molecule has 4 heterocycles. The molecule has 3 fully saturated rings. The molecule has 2 aromatic rings. The first-order chi connectivity index (χ1) is 20.6. The van der Waals surface area contributed by atoms with E-state index in [1.807, 2.05) is 38.1 Å². The molecule has 2 bridgehead atoms. The number of carbonyl (C=O) groups excluding carboxylic acids is 3. The second-order valence-electron chi connectivity index (χ2n) is 12.7. The van der Waals surface area contributed by atoms with Gasteiger partial charge in [0.25, 0.3) is 11.5 Å². The zero-order valence-corrected chi connectivity index (χ0v) is 25.8. The second-order valence-corrected chi connectivity index (χ2v) is 12.7. The van der Waals surface area contributed by atoms with Crippen LogP contribution < -0.4 is 21.5 Å². The number of amides is 2. The lowest BCUT2D eigenvalue weighted by Crippen LogP contribution is -2.54. The number of ether oxygens (including phenoxy) is 1. The molecule has 5 rings (SSSR count). The van der Waals surface area contributed by atoms with E-state index in [1.165, 1.54) is 0 Å². The Morgan fingerprint density at radius 2 is 1.74 bits per heavy atom. The van der Waals surface area contributed by atoms with Crippen LogP contribution in [0.5, 0.6) is 0 Å². The van der Waals surface area contributed by atoms with Gasteiger partial charge < -0.3 is 25.3 Å². The molecule has 3 N–H and O–H groups in total. The molecule has 3 unspecified atom stereocenters. The summed E-state index contributed by atoms with van der Waals surface area (Å²) in [5.41, 5.74) is 0.750. The Morgan fingerprint density at radius 1 is 1.02 bits per heavy atom. The molecule has 234 valence electrons. The van der Waals surface area contributed by atoms with Crippen LogP contribution in [0.4, 0.5) is 4.79 Å². The predicted molar refractivity (Wildman–Crippen MR) is 165 cm³/mol. The molecule has 0 aliphatic carbocycles. The highest BCUT2D eigenvalue weighted by Gasteiger charge is 2.43. The SMILES string of the molecule is CNC(=O)OC(CN1CCC(NCC(C)=O)C1)CN1[C@@H]2CC[C@H]1CC(NC(=O)c1cc3ccccc3n(C(C)C)c1=O)C2. The number of nitrogens with zero attached hydrogens (tertiary/aromatic N) is 3. The summed E-state index contributed by atoms with van der Waals surface area (Å²) in [5, 5.41) is 9.97. The number of piperidine rings is 1. The minimum atomic E-state index is -0.438. The molecule has 11 nitrogen and oxygen atoms in total. The van der Waals surface area contributed by atoms with Crippen molar-refractivity contribution in [2.45, 2.75) is 89.2 Å². The maximum absolute atomic E-state index is 13.5. The number of hydrogen-bond donors (Lipinski definition) is 3. The molecular weight excluding hydrogens is 548 g/mol. The van der Waals surface area contributed by atoms with E-state index in [1.54, 1.807) is 24.6 Å². The van der Waals surface area contributed by atoms with E-state index in [-0.39, 0.29) is 59.1 Å².